The van der Waals surface area contributed by atoms with Crippen molar-refractivity contribution in [3.63, 3.8) is 0 Å². The molecule has 0 aliphatic carbocycles. The quantitative estimate of drug-likeness (QED) is 0.118. The Morgan fingerprint density at radius 3 is 2.63 bits per heavy atom. The number of aromatic nitrogens is 4. The molecule has 4 atom stereocenters. The second-order valence-electron chi connectivity index (χ2n) is 13.7. The number of carbonyl (C=O) groups excluding carboxylic acids is 2. The molecule has 254 valence electrons. The van der Waals surface area contributed by atoms with Gasteiger partial charge in [0.05, 0.1) is 30.5 Å². The van der Waals surface area contributed by atoms with E-state index in [1.165, 1.54) is 0 Å². The highest BCUT2D eigenvalue weighted by atomic mass is 28.4. The fraction of sp³-hybridized carbons (Fsp3) is 0.351. The Bertz CT molecular complexity index is 1990. The first-order valence-corrected chi connectivity index (χ1v) is 19.8. The molecular formula is C37H41FN6O4Si. The summed E-state index contributed by atoms with van der Waals surface area (Å²) in [6, 6.07) is 23.1. The van der Waals surface area contributed by atoms with Gasteiger partial charge in [-0.05, 0) is 54.9 Å². The normalized spacial score (nSPS) is 21.9. The van der Waals surface area contributed by atoms with E-state index in [1.54, 1.807) is 28.9 Å². The average Bonchev–Trinajstić information content (AvgIpc) is 3.83. The lowest BCUT2D eigenvalue weighted by Gasteiger charge is -2.31. The molecule has 0 unspecified atom stereocenters. The number of fused-ring (bicyclic) bond motifs is 3. The van der Waals surface area contributed by atoms with Crippen LogP contribution in [0.15, 0.2) is 85.2 Å². The first-order chi connectivity index (χ1) is 23.6. The summed E-state index contributed by atoms with van der Waals surface area (Å²) >= 11 is 0. The Hall–Kier alpha value is -4.65. The number of hydrogen-bond acceptors (Lipinski definition) is 6. The van der Waals surface area contributed by atoms with E-state index >= 15 is 4.11 Å². The molecule has 5 aromatic rings. The summed E-state index contributed by atoms with van der Waals surface area (Å²) in [5.74, 6) is -0.694. The van der Waals surface area contributed by atoms with Crippen LogP contribution in [-0.2, 0) is 45.9 Å². The van der Waals surface area contributed by atoms with Gasteiger partial charge in [0.2, 0.25) is 14.3 Å². The Morgan fingerprint density at radius 2 is 1.86 bits per heavy atom. The minimum Gasteiger partial charge on any atom is -0.396 e. The zero-order valence-electron chi connectivity index (χ0n) is 27.9. The lowest BCUT2D eigenvalue weighted by Crippen LogP contribution is -2.45. The predicted molar refractivity (Wildman–Crippen MR) is 188 cm³/mol. The van der Waals surface area contributed by atoms with Gasteiger partial charge in [-0.15, -0.1) is 5.10 Å². The number of ether oxygens (including phenoxy) is 1. The summed E-state index contributed by atoms with van der Waals surface area (Å²) in [6.45, 7) is 6.09. The number of halogens is 1. The Balaban J connectivity index is 1.08. The monoisotopic (exact) mass is 680 g/mol. The van der Waals surface area contributed by atoms with Crippen LogP contribution in [0, 0.1) is 5.92 Å². The molecule has 2 aromatic heterocycles. The molecule has 2 amide bonds. The van der Waals surface area contributed by atoms with Gasteiger partial charge in [-0.2, -0.15) is 0 Å². The number of nitrogens with zero attached hydrogens (tertiary/aromatic N) is 4. The minimum atomic E-state index is -3.30. The number of nitrogens with one attached hydrogen (secondary N) is 2. The SMILES string of the molecule is C[C@H]1[C@H]([Si](C)(C)F)[C@@H](CCn2cc(CCO)nn2)O[C@]12C(=O)N(Cc1ccc(NC(=O)Cc3c[nH]c4ccccc34)cc1)c1ccccc12. The number of aryl methyl sites for hydroxylation is 1. The summed E-state index contributed by atoms with van der Waals surface area (Å²) in [5.41, 5.74) is 3.98. The van der Waals surface area contributed by atoms with Gasteiger partial charge in [0.1, 0.15) is 0 Å². The maximum Gasteiger partial charge on any atom is 0.264 e. The molecule has 1 saturated heterocycles. The fourth-order valence-electron chi connectivity index (χ4n) is 7.90. The van der Waals surface area contributed by atoms with Crippen LogP contribution in [0.4, 0.5) is 15.5 Å². The third-order valence-corrected chi connectivity index (χ3v) is 12.5. The maximum atomic E-state index is 16.2. The summed E-state index contributed by atoms with van der Waals surface area (Å²) in [4.78, 5) is 32.5. The number of rotatable bonds is 11. The van der Waals surface area contributed by atoms with Crippen LogP contribution in [0.25, 0.3) is 10.9 Å². The summed E-state index contributed by atoms with van der Waals surface area (Å²) in [5, 5.41) is 21.5. The topological polar surface area (TPSA) is 125 Å². The van der Waals surface area contributed by atoms with Gasteiger partial charge in [0.25, 0.3) is 5.91 Å². The zero-order valence-corrected chi connectivity index (χ0v) is 28.9. The van der Waals surface area contributed by atoms with Crippen LogP contribution in [0.1, 0.15) is 35.7 Å². The molecule has 10 nitrogen and oxygen atoms in total. The van der Waals surface area contributed by atoms with Crippen molar-refractivity contribution < 1.29 is 23.5 Å². The van der Waals surface area contributed by atoms with E-state index in [1.807, 2.05) is 85.9 Å². The minimum absolute atomic E-state index is 0.0145. The highest BCUT2D eigenvalue weighted by Gasteiger charge is 2.66. The third-order valence-electron chi connectivity index (χ3n) is 10.1. The van der Waals surface area contributed by atoms with Crippen LogP contribution in [0.2, 0.25) is 18.6 Å². The van der Waals surface area contributed by atoms with Gasteiger partial charge >= 0.3 is 0 Å². The molecule has 0 radical (unpaired) electrons. The number of amides is 2. The van der Waals surface area contributed by atoms with Crippen LogP contribution in [-0.4, -0.2) is 58.0 Å². The number of anilines is 2. The highest BCUT2D eigenvalue weighted by Crippen LogP contribution is 2.60. The van der Waals surface area contributed by atoms with Gasteiger partial charge < -0.3 is 29.2 Å². The molecule has 0 saturated carbocycles. The predicted octanol–water partition coefficient (Wildman–Crippen LogP) is 5.89. The molecular weight excluding hydrogens is 640 g/mol. The van der Waals surface area contributed by atoms with Gasteiger partial charge in [-0.25, -0.2) is 0 Å². The van der Waals surface area contributed by atoms with E-state index in [9.17, 15) is 14.7 Å². The van der Waals surface area contributed by atoms with E-state index in [0.29, 0.717) is 37.3 Å². The van der Waals surface area contributed by atoms with Crippen molar-refractivity contribution in [3.05, 3.63) is 108 Å². The van der Waals surface area contributed by atoms with E-state index in [2.05, 4.69) is 20.6 Å². The fourth-order valence-corrected chi connectivity index (χ4v) is 10.4. The van der Waals surface area contributed by atoms with Crippen LogP contribution >= 0.6 is 0 Å². The number of carbonyl (C=O) groups is 2. The Labute approximate surface area is 285 Å². The Kier molecular flexibility index (Phi) is 8.72. The van der Waals surface area contributed by atoms with E-state index in [-0.39, 0.29) is 24.8 Å². The second kappa shape index (κ2) is 13.0. The summed E-state index contributed by atoms with van der Waals surface area (Å²) < 4.78 is 24.7. The van der Waals surface area contributed by atoms with Crippen LogP contribution in [0.3, 0.4) is 0 Å². The van der Waals surface area contributed by atoms with Gasteiger partial charge in [-0.1, -0.05) is 60.7 Å². The molecule has 49 heavy (non-hydrogen) atoms. The van der Waals surface area contributed by atoms with Crippen molar-refractivity contribution in [2.24, 2.45) is 5.92 Å². The number of H-pyrrole nitrogens is 1. The standard InChI is InChI=1S/C37H41FN6O4Si/c1-24-35(49(2,3)38)33(16-18-43-23-28(17-19-45)41-42-43)48-37(24)30-9-5-7-11-32(30)44(36(37)47)22-25-12-14-27(15-13-25)40-34(46)20-26-21-39-31-10-6-4-8-29(26)31/h4-15,21,23-24,33,35,39,45H,16-20,22H2,1-3H3,(H,40,46)/t24-,33+,35-,37+/m0/s1. The van der Waals surface area contributed by atoms with Gasteiger partial charge in [0.15, 0.2) is 5.60 Å². The zero-order chi connectivity index (χ0) is 34.3. The first kappa shape index (κ1) is 32.9. The molecule has 1 fully saturated rings. The van der Waals surface area contributed by atoms with Crippen molar-refractivity contribution in [3.8, 4) is 0 Å². The molecule has 2 aliphatic heterocycles. The molecule has 3 aromatic carbocycles. The largest absolute Gasteiger partial charge is 0.396 e. The molecule has 12 heteroatoms. The van der Waals surface area contributed by atoms with Crippen molar-refractivity contribution in [2.45, 2.75) is 69.6 Å². The molecule has 0 bridgehead atoms. The van der Waals surface area contributed by atoms with Gasteiger partial charge in [-0.3, -0.25) is 14.3 Å². The molecule has 2 aliphatic rings. The number of para-hydroxylation sites is 2. The molecule has 7 rings (SSSR count). The van der Waals surface area contributed by atoms with Crippen molar-refractivity contribution in [1.29, 1.82) is 0 Å². The van der Waals surface area contributed by atoms with Crippen LogP contribution < -0.4 is 10.2 Å². The molecule has 4 heterocycles. The summed E-state index contributed by atoms with van der Waals surface area (Å²) in [7, 11) is -3.30. The number of aromatic amines is 1. The third kappa shape index (κ3) is 6.09. The van der Waals surface area contributed by atoms with Gasteiger partial charge in [0, 0.05) is 65.6 Å². The van der Waals surface area contributed by atoms with Crippen LogP contribution in [0.5, 0.6) is 0 Å². The number of aliphatic hydroxyl groups is 1. The number of aliphatic hydroxyl groups excluding tert-OH is 1. The first-order valence-electron chi connectivity index (χ1n) is 16.8. The summed E-state index contributed by atoms with van der Waals surface area (Å²) in [6.07, 6.45) is 4.30. The number of benzene rings is 3. The van der Waals surface area contributed by atoms with Crippen molar-refractivity contribution in [1.82, 2.24) is 20.0 Å². The second-order valence-corrected chi connectivity index (χ2v) is 17.5. The highest BCUT2D eigenvalue weighted by molar-refractivity contribution is 6.72. The van der Waals surface area contributed by atoms with Crippen molar-refractivity contribution >= 4 is 42.5 Å². The van der Waals surface area contributed by atoms with E-state index < -0.39 is 31.6 Å². The number of hydrogen-bond donors (Lipinski definition) is 3. The lowest BCUT2D eigenvalue weighted by atomic mass is 9.82. The molecule has 3 N–H and O–H groups in total. The van der Waals surface area contributed by atoms with Crippen molar-refractivity contribution in [2.75, 3.05) is 16.8 Å². The van der Waals surface area contributed by atoms with E-state index in [0.717, 1.165) is 33.3 Å². The maximum absolute atomic E-state index is 16.2. The van der Waals surface area contributed by atoms with E-state index in [4.69, 9.17) is 4.74 Å². The Morgan fingerprint density at radius 1 is 1.10 bits per heavy atom. The molecule has 1 spiro atoms. The lowest BCUT2D eigenvalue weighted by molar-refractivity contribution is -0.146. The average molecular weight is 681 g/mol. The smallest absolute Gasteiger partial charge is 0.264 e.